The van der Waals surface area contributed by atoms with Crippen LogP contribution in [0.4, 0.5) is 0 Å². The average Bonchev–Trinajstić information content (AvgIpc) is 2.80. The molecule has 1 heterocycles. The number of fused-ring (bicyclic) bond motifs is 2. The molecule has 0 radical (unpaired) electrons. The SMILES string of the molecule is O=C1CCC2(CCC3CC32)CN1. The van der Waals surface area contributed by atoms with Crippen molar-refractivity contribution in [3.05, 3.63) is 0 Å². The molecule has 1 spiro atoms. The molecule has 0 aromatic carbocycles. The Hall–Kier alpha value is -0.530. The van der Waals surface area contributed by atoms with Crippen LogP contribution >= 0.6 is 0 Å². The van der Waals surface area contributed by atoms with E-state index in [2.05, 4.69) is 5.32 Å². The van der Waals surface area contributed by atoms with E-state index in [1.54, 1.807) is 0 Å². The maximum absolute atomic E-state index is 11.0. The molecule has 2 aliphatic carbocycles. The second-order valence-corrected chi connectivity index (χ2v) is 4.78. The van der Waals surface area contributed by atoms with Gasteiger partial charge in [0.25, 0.3) is 0 Å². The molecule has 1 saturated heterocycles. The fourth-order valence-electron chi connectivity index (χ4n) is 3.32. The molecule has 2 nitrogen and oxygen atoms in total. The van der Waals surface area contributed by atoms with Gasteiger partial charge in [0, 0.05) is 13.0 Å². The minimum absolute atomic E-state index is 0.268. The van der Waals surface area contributed by atoms with Gasteiger partial charge < -0.3 is 5.32 Å². The Morgan fingerprint density at radius 2 is 2.33 bits per heavy atom. The summed E-state index contributed by atoms with van der Waals surface area (Å²) in [6.45, 7) is 0.979. The van der Waals surface area contributed by atoms with Gasteiger partial charge in [-0.25, -0.2) is 0 Å². The summed E-state index contributed by atoms with van der Waals surface area (Å²) in [5.41, 5.74) is 0.554. The predicted octanol–water partition coefficient (Wildman–Crippen LogP) is 1.31. The van der Waals surface area contributed by atoms with Gasteiger partial charge >= 0.3 is 0 Å². The van der Waals surface area contributed by atoms with E-state index < -0.39 is 0 Å². The van der Waals surface area contributed by atoms with Crippen molar-refractivity contribution in [1.29, 1.82) is 0 Å². The number of carbonyl (C=O) groups excluding carboxylic acids is 1. The van der Waals surface area contributed by atoms with E-state index in [9.17, 15) is 4.79 Å². The molecular weight excluding hydrogens is 150 g/mol. The summed E-state index contributed by atoms with van der Waals surface area (Å²) in [5, 5.41) is 3.03. The highest BCUT2D eigenvalue weighted by atomic mass is 16.1. The van der Waals surface area contributed by atoms with Crippen molar-refractivity contribution in [2.75, 3.05) is 6.54 Å². The molecule has 3 unspecified atom stereocenters. The summed E-state index contributed by atoms with van der Waals surface area (Å²) in [4.78, 5) is 11.0. The molecule has 0 bridgehead atoms. The first-order valence-corrected chi connectivity index (χ1v) is 5.07. The minimum Gasteiger partial charge on any atom is -0.356 e. The van der Waals surface area contributed by atoms with E-state index in [-0.39, 0.29) is 5.91 Å². The molecule has 66 valence electrons. The van der Waals surface area contributed by atoms with Crippen LogP contribution in [0.1, 0.15) is 32.1 Å². The first-order valence-electron chi connectivity index (χ1n) is 5.07. The van der Waals surface area contributed by atoms with E-state index in [1.807, 2.05) is 0 Å². The van der Waals surface area contributed by atoms with Crippen molar-refractivity contribution in [2.24, 2.45) is 17.3 Å². The molecule has 3 atom stereocenters. The standard InChI is InChI=1S/C10H15NO/c12-9-2-4-10(6-11-9)3-1-7-5-8(7)10/h7-8H,1-6H2,(H,11,12). The Morgan fingerprint density at radius 1 is 1.42 bits per heavy atom. The monoisotopic (exact) mass is 165 g/mol. The molecule has 1 N–H and O–H groups in total. The lowest BCUT2D eigenvalue weighted by atomic mass is 9.76. The number of nitrogens with one attached hydrogen (secondary N) is 1. The van der Waals surface area contributed by atoms with Crippen LogP contribution in [0.2, 0.25) is 0 Å². The zero-order valence-electron chi connectivity index (χ0n) is 7.31. The van der Waals surface area contributed by atoms with Crippen LogP contribution in [0, 0.1) is 17.3 Å². The summed E-state index contributed by atoms with van der Waals surface area (Å²) < 4.78 is 0. The van der Waals surface area contributed by atoms with Crippen LogP contribution in [0.5, 0.6) is 0 Å². The summed E-state index contributed by atoms with van der Waals surface area (Å²) >= 11 is 0. The highest BCUT2D eigenvalue weighted by Crippen LogP contribution is 2.64. The van der Waals surface area contributed by atoms with Gasteiger partial charge in [0.15, 0.2) is 0 Å². The maximum Gasteiger partial charge on any atom is 0.220 e. The third kappa shape index (κ3) is 0.782. The molecule has 2 heteroatoms. The molecule has 0 aromatic rings. The number of piperidine rings is 1. The largest absolute Gasteiger partial charge is 0.356 e. The molecule has 3 fully saturated rings. The van der Waals surface area contributed by atoms with Crippen LogP contribution in [-0.4, -0.2) is 12.5 Å². The van der Waals surface area contributed by atoms with Crippen LogP contribution in [0.3, 0.4) is 0 Å². The molecule has 0 aromatic heterocycles. The average molecular weight is 165 g/mol. The predicted molar refractivity (Wildman–Crippen MR) is 45.5 cm³/mol. The minimum atomic E-state index is 0.268. The van der Waals surface area contributed by atoms with E-state index in [0.29, 0.717) is 5.41 Å². The lowest BCUT2D eigenvalue weighted by Crippen LogP contribution is -2.43. The van der Waals surface area contributed by atoms with Crippen LogP contribution < -0.4 is 5.32 Å². The third-order valence-corrected chi connectivity index (χ3v) is 4.21. The first-order chi connectivity index (χ1) is 5.80. The van der Waals surface area contributed by atoms with Gasteiger partial charge in [0.2, 0.25) is 5.91 Å². The Bertz CT molecular complexity index is 226. The van der Waals surface area contributed by atoms with Gasteiger partial charge in [-0.2, -0.15) is 0 Å². The highest BCUT2D eigenvalue weighted by Gasteiger charge is 2.57. The number of rotatable bonds is 0. The third-order valence-electron chi connectivity index (χ3n) is 4.21. The smallest absolute Gasteiger partial charge is 0.220 e. The van der Waals surface area contributed by atoms with E-state index >= 15 is 0 Å². The summed E-state index contributed by atoms with van der Waals surface area (Å²) in [7, 11) is 0. The van der Waals surface area contributed by atoms with E-state index in [4.69, 9.17) is 0 Å². The Balaban J connectivity index is 1.79. The molecule has 1 aliphatic heterocycles. The Labute approximate surface area is 72.7 Å². The van der Waals surface area contributed by atoms with Crippen LogP contribution in [0.15, 0.2) is 0 Å². The molecular formula is C10H15NO. The van der Waals surface area contributed by atoms with Crippen LogP contribution in [0.25, 0.3) is 0 Å². The van der Waals surface area contributed by atoms with Gasteiger partial charge in [0.05, 0.1) is 0 Å². The van der Waals surface area contributed by atoms with Crippen molar-refractivity contribution < 1.29 is 4.79 Å². The number of hydrogen-bond acceptors (Lipinski definition) is 1. The topological polar surface area (TPSA) is 29.1 Å². The highest BCUT2D eigenvalue weighted by molar-refractivity contribution is 5.76. The molecule has 1 amide bonds. The zero-order chi connectivity index (χ0) is 8.18. The Morgan fingerprint density at radius 3 is 2.83 bits per heavy atom. The molecule has 3 rings (SSSR count). The van der Waals surface area contributed by atoms with Gasteiger partial charge in [-0.15, -0.1) is 0 Å². The summed E-state index contributed by atoms with van der Waals surface area (Å²) in [5.74, 6) is 2.29. The summed E-state index contributed by atoms with van der Waals surface area (Å²) in [6, 6.07) is 0. The quantitative estimate of drug-likeness (QED) is 0.576. The van der Waals surface area contributed by atoms with Gasteiger partial charge in [-0.1, -0.05) is 0 Å². The van der Waals surface area contributed by atoms with Crippen molar-refractivity contribution in [2.45, 2.75) is 32.1 Å². The second kappa shape index (κ2) is 2.04. The lowest BCUT2D eigenvalue weighted by molar-refractivity contribution is -0.124. The van der Waals surface area contributed by atoms with Crippen LogP contribution in [-0.2, 0) is 4.79 Å². The van der Waals surface area contributed by atoms with Gasteiger partial charge in [-0.05, 0) is 42.9 Å². The Kier molecular flexibility index (Phi) is 1.18. The molecule has 3 aliphatic rings. The number of hydrogen-bond donors (Lipinski definition) is 1. The van der Waals surface area contributed by atoms with E-state index in [0.717, 1.165) is 24.8 Å². The van der Waals surface area contributed by atoms with E-state index in [1.165, 1.54) is 25.7 Å². The van der Waals surface area contributed by atoms with Crippen molar-refractivity contribution in [1.82, 2.24) is 5.32 Å². The second-order valence-electron chi connectivity index (χ2n) is 4.78. The van der Waals surface area contributed by atoms with Gasteiger partial charge in [0.1, 0.15) is 0 Å². The maximum atomic E-state index is 11.0. The lowest BCUT2D eigenvalue weighted by Gasteiger charge is -2.35. The molecule has 2 saturated carbocycles. The zero-order valence-corrected chi connectivity index (χ0v) is 7.31. The van der Waals surface area contributed by atoms with Gasteiger partial charge in [-0.3, -0.25) is 4.79 Å². The first kappa shape index (κ1) is 6.93. The fourth-order valence-corrected chi connectivity index (χ4v) is 3.32. The number of amides is 1. The fraction of sp³-hybridized carbons (Fsp3) is 0.900. The van der Waals surface area contributed by atoms with Crippen molar-refractivity contribution in [3.63, 3.8) is 0 Å². The van der Waals surface area contributed by atoms with Crippen molar-refractivity contribution in [3.8, 4) is 0 Å². The molecule has 12 heavy (non-hydrogen) atoms. The normalized spacial score (nSPS) is 50.5. The number of carbonyl (C=O) groups is 1. The van der Waals surface area contributed by atoms with Crippen molar-refractivity contribution >= 4 is 5.91 Å². The summed E-state index contributed by atoms with van der Waals surface area (Å²) in [6.07, 6.45) is 6.21.